The van der Waals surface area contributed by atoms with Crippen LogP contribution in [-0.4, -0.2) is 49.6 Å². The average Bonchev–Trinajstić information content (AvgIpc) is 2.61. The van der Waals surface area contributed by atoms with Crippen LogP contribution >= 0.6 is 0 Å². The van der Waals surface area contributed by atoms with Gasteiger partial charge in [-0.3, -0.25) is 9.59 Å². The number of hydrogen-bond acceptors (Lipinski definition) is 3. The number of aryl methyl sites for hydroxylation is 1. The summed E-state index contributed by atoms with van der Waals surface area (Å²) in [5.74, 6) is -0.624. The lowest BCUT2D eigenvalue weighted by Crippen LogP contribution is -2.51. The minimum Gasteiger partial charge on any atom is -0.376 e. The number of benzene rings is 1. The lowest BCUT2D eigenvalue weighted by molar-refractivity contribution is -0.123. The largest absolute Gasteiger partial charge is 0.376 e. The lowest BCUT2D eigenvalue weighted by atomic mass is 9.87. The molecule has 1 aliphatic heterocycles. The lowest BCUT2D eigenvalue weighted by Gasteiger charge is -2.42. The number of rotatable bonds is 5. The molecule has 0 saturated carbocycles. The summed E-state index contributed by atoms with van der Waals surface area (Å²) in [5, 5.41) is 2.60. The van der Waals surface area contributed by atoms with E-state index < -0.39 is 5.60 Å². The summed E-state index contributed by atoms with van der Waals surface area (Å²) < 4.78 is 19.4. The van der Waals surface area contributed by atoms with Gasteiger partial charge < -0.3 is 15.0 Å². The van der Waals surface area contributed by atoms with Crippen LogP contribution in [0.25, 0.3) is 0 Å². The van der Waals surface area contributed by atoms with Crippen molar-refractivity contribution in [2.45, 2.75) is 38.2 Å². The Bertz CT molecular complexity index is 620. The fourth-order valence-corrected chi connectivity index (χ4v) is 3.12. The first kappa shape index (κ1) is 18.4. The van der Waals surface area contributed by atoms with Crippen molar-refractivity contribution < 1.29 is 18.7 Å². The van der Waals surface area contributed by atoms with Gasteiger partial charge in [0.05, 0.1) is 5.60 Å². The van der Waals surface area contributed by atoms with E-state index in [9.17, 15) is 14.0 Å². The molecule has 1 saturated heterocycles. The normalized spacial score (nSPS) is 20.8. The summed E-state index contributed by atoms with van der Waals surface area (Å²) in [6.45, 7) is 2.69. The molecule has 0 aliphatic carbocycles. The number of likely N-dealkylation sites (tertiary alicyclic amines) is 1. The van der Waals surface area contributed by atoms with Gasteiger partial charge in [-0.15, -0.1) is 0 Å². The highest BCUT2D eigenvalue weighted by atomic mass is 19.1. The number of piperidine rings is 1. The monoisotopic (exact) mass is 336 g/mol. The Labute approximate surface area is 142 Å². The molecule has 6 heteroatoms. The number of ether oxygens (including phenoxy) is 1. The maximum Gasteiger partial charge on any atom is 0.254 e. The quantitative estimate of drug-likeness (QED) is 0.897. The second-order valence-electron chi connectivity index (χ2n) is 6.35. The Hall–Kier alpha value is -1.95. The number of amides is 2. The van der Waals surface area contributed by atoms with Crippen molar-refractivity contribution in [2.75, 3.05) is 27.2 Å². The van der Waals surface area contributed by atoms with Crippen LogP contribution in [0.1, 0.15) is 41.6 Å². The summed E-state index contributed by atoms with van der Waals surface area (Å²) in [6, 6.07) is 4.54. The highest BCUT2D eigenvalue weighted by molar-refractivity contribution is 5.94. The van der Waals surface area contributed by atoms with E-state index in [0.717, 1.165) is 12.8 Å². The van der Waals surface area contributed by atoms with Crippen molar-refractivity contribution in [3.8, 4) is 0 Å². The van der Waals surface area contributed by atoms with Gasteiger partial charge in [0, 0.05) is 39.2 Å². The molecule has 1 N–H and O–H groups in total. The van der Waals surface area contributed by atoms with Gasteiger partial charge in [0.25, 0.3) is 5.91 Å². The first-order valence-electron chi connectivity index (χ1n) is 8.22. The number of nitrogens with one attached hydrogen (secondary N) is 1. The number of halogens is 1. The molecule has 0 bridgehead atoms. The van der Waals surface area contributed by atoms with Crippen LogP contribution < -0.4 is 5.32 Å². The molecule has 2 amide bonds. The van der Waals surface area contributed by atoms with Crippen molar-refractivity contribution in [1.82, 2.24) is 10.2 Å². The minimum atomic E-state index is -0.524. The smallest absolute Gasteiger partial charge is 0.254 e. The Morgan fingerprint density at radius 2 is 2.17 bits per heavy atom. The molecule has 1 unspecified atom stereocenters. The van der Waals surface area contributed by atoms with Crippen molar-refractivity contribution in [2.24, 2.45) is 0 Å². The van der Waals surface area contributed by atoms with Crippen LogP contribution in [0.5, 0.6) is 0 Å². The second kappa shape index (κ2) is 7.75. The van der Waals surface area contributed by atoms with Gasteiger partial charge in [0.1, 0.15) is 5.82 Å². The molecule has 1 atom stereocenters. The third kappa shape index (κ3) is 4.12. The second-order valence-corrected chi connectivity index (χ2v) is 6.35. The summed E-state index contributed by atoms with van der Waals surface area (Å²) in [4.78, 5) is 25.9. The van der Waals surface area contributed by atoms with Gasteiger partial charge in [-0.1, -0.05) is 6.07 Å². The zero-order valence-corrected chi connectivity index (χ0v) is 14.5. The third-order valence-electron chi connectivity index (χ3n) is 4.76. The summed E-state index contributed by atoms with van der Waals surface area (Å²) >= 11 is 0. The zero-order valence-electron chi connectivity index (χ0n) is 14.5. The maximum atomic E-state index is 13.7. The predicted molar refractivity (Wildman–Crippen MR) is 89.3 cm³/mol. The Morgan fingerprint density at radius 1 is 1.42 bits per heavy atom. The van der Waals surface area contributed by atoms with E-state index in [1.54, 1.807) is 38.1 Å². The Kier molecular flexibility index (Phi) is 5.94. The fourth-order valence-electron chi connectivity index (χ4n) is 3.12. The van der Waals surface area contributed by atoms with Crippen LogP contribution in [0.15, 0.2) is 18.2 Å². The minimum absolute atomic E-state index is 0.0459. The molecule has 2 rings (SSSR count). The van der Waals surface area contributed by atoms with Crippen molar-refractivity contribution >= 4 is 11.8 Å². The van der Waals surface area contributed by atoms with Gasteiger partial charge in [-0.2, -0.15) is 0 Å². The first-order valence-corrected chi connectivity index (χ1v) is 8.22. The first-order chi connectivity index (χ1) is 11.4. The van der Waals surface area contributed by atoms with Crippen LogP contribution in [0.4, 0.5) is 4.39 Å². The molecule has 1 aliphatic rings. The topological polar surface area (TPSA) is 58.6 Å². The van der Waals surface area contributed by atoms with E-state index in [0.29, 0.717) is 37.1 Å². The molecular weight excluding hydrogens is 311 g/mol. The predicted octanol–water partition coefficient (Wildman–Crippen LogP) is 2.28. The molecule has 1 fully saturated rings. The van der Waals surface area contributed by atoms with Crippen LogP contribution in [0.2, 0.25) is 0 Å². The molecule has 1 aromatic carbocycles. The number of carbonyl (C=O) groups excluding carboxylic acids is 2. The molecule has 1 heterocycles. The summed E-state index contributed by atoms with van der Waals surface area (Å²) in [7, 11) is 3.22. The van der Waals surface area contributed by atoms with E-state index in [-0.39, 0.29) is 17.6 Å². The Balaban J connectivity index is 2.11. The molecule has 1 aromatic rings. The highest BCUT2D eigenvalue weighted by Gasteiger charge is 2.37. The maximum absolute atomic E-state index is 13.7. The number of nitrogens with zero attached hydrogens (tertiary/aromatic N) is 1. The molecule has 24 heavy (non-hydrogen) atoms. The number of hydrogen-bond donors (Lipinski definition) is 1. The van der Waals surface area contributed by atoms with Crippen molar-refractivity contribution in [3.05, 3.63) is 35.1 Å². The van der Waals surface area contributed by atoms with Gasteiger partial charge in [-0.25, -0.2) is 4.39 Å². The van der Waals surface area contributed by atoms with E-state index in [1.165, 1.54) is 6.07 Å². The van der Waals surface area contributed by atoms with Gasteiger partial charge in [-0.05, 0) is 43.9 Å². The third-order valence-corrected chi connectivity index (χ3v) is 4.76. The fraction of sp³-hybridized carbons (Fsp3) is 0.556. The van der Waals surface area contributed by atoms with E-state index >= 15 is 0 Å². The molecule has 0 radical (unpaired) electrons. The van der Waals surface area contributed by atoms with Crippen LogP contribution in [-0.2, 0) is 9.53 Å². The average molecular weight is 336 g/mol. The van der Waals surface area contributed by atoms with Gasteiger partial charge in [0.2, 0.25) is 5.91 Å². The van der Waals surface area contributed by atoms with Gasteiger partial charge in [0.15, 0.2) is 0 Å². The molecular formula is C18H25FN2O3. The summed E-state index contributed by atoms with van der Waals surface area (Å²) in [5.41, 5.74) is 0.335. The molecule has 132 valence electrons. The van der Waals surface area contributed by atoms with E-state index in [1.807, 2.05) is 0 Å². The van der Waals surface area contributed by atoms with Crippen LogP contribution in [0, 0.1) is 12.7 Å². The van der Waals surface area contributed by atoms with Crippen molar-refractivity contribution in [3.63, 3.8) is 0 Å². The molecule has 0 spiro atoms. The Morgan fingerprint density at radius 3 is 2.79 bits per heavy atom. The van der Waals surface area contributed by atoms with E-state index in [2.05, 4.69) is 5.32 Å². The molecule has 5 nitrogen and oxygen atoms in total. The van der Waals surface area contributed by atoms with Crippen molar-refractivity contribution in [1.29, 1.82) is 0 Å². The zero-order chi connectivity index (χ0) is 17.7. The SMILES string of the molecule is CNC(=O)CCC1(OC)CCCN(C(=O)c2ccc(C)c(F)c2)C1. The molecule has 0 aromatic heterocycles. The summed E-state index contributed by atoms with van der Waals surface area (Å²) in [6.07, 6.45) is 2.49. The number of carbonyl (C=O) groups is 2. The highest BCUT2D eigenvalue weighted by Crippen LogP contribution is 2.30. The standard InChI is InChI=1S/C18H25FN2O3/c1-13-5-6-14(11-15(13)19)17(23)21-10-4-8-18(12-21,24-3)9-7-16(22)20-2/h5-6,11H,4,7-10,12H2,1-3H3,(H,20,22). The van der Waals surface area contributed by atoms with Gasteiger partial charge >= 0.3 is 0 Å². The van der Waals surface area contributed by atoms with Crippen LogP contribution in [0.3, 0.4) is 0 Å². The van der Waals surface area contributed by atoms with E-state index in [4.69, 9.17) is 4.74 Å². The number of methoxy groups -OCH3 is 1.